The number of H-pyrrole nitrogens is 1. The first-order chi connectivity index (χ1) is 9.15. The Balaban J connectivity index is 2.19. The first-order valence-electron chi connectivity index (χ1n) is 5.57. The molecule has 0 amide bonds. The van der Waals surface area contributed by atoms with Crippen LogP contribution in [0.5, 0.6) is 0 Å². The van der Waals surface area contributed by atoms with E-state index in [0.29, 0.717) is 17.0 Å². The molecule has 2 aromatic heterocycles. The largest absolute Gasteiger partial charge is 0.478 e. The molecule has 0 aliphatic carbocycles. The zero-order chi connectivity index (χ0) is 13.4. The molecule has 0 saturated carbocycles. The lowest BCUT2D eigenvalue weighted by Gasteiger charge is -1.98. The number of aromatic nitrogens is 3. The zero-order valence-corrected chi connectivity index (χ0v) is 9.70. The van der Waals surface area contributed by atoms with Crippen LogP contribution in [0.4, 0.5) is 0 Å². The molecule has 1 aromatic carbocycles. The minimum absolute atomic E-state index is 0.172. The standard InChI is InChI=1S/C13H9N3O3/c17-11-6-2-5-10-14-12(15-16(10)11)8-3-1-4-9(7-8)13(18)19/h1-7H,(H,14,15)(H,18,19). The third-order valence-electron chi connectivity index (χ3n) is 2.76. The Morgan fingerprint density at radius 2 is 2.00 bits per heavy atom. The lowest BCUT2D eigenvalue weighted by atomic mass is 10.1. The van der Waals surface area contributed by atoms with Crippen molar-refractivity contribution >= 4 is 11.6 Å². The van der Waals surface area contributed by atoms with Crippen molar-refractivity contribution in [3.63, 3.8) is 0 Å². The quantitative estimate of drug-likeness (QED) is 0.724. The van der Waals surface area contributed by atoms with Gasteiger partial charge in [0, 0.05) is 11.6 Å². The minimum atomic E-state index is -1.00. The number of hydrogen-bond donors (Lipinski definition) is 2. The summed E-state index contributed by atoms with van der Waals surface area (Å²) >= 11 is 0. The fraction of sp³-hybridized carbons (Fsp3) is 0. The third-order valence-corrected chi connectivity index (χ3v) is 2.76. The molecule has 94 valence electrons. The van der Waals surface area contributed by atoms with Gasteiger partial charge < -0.3 is 5.11 Å². The van der Waals surface area contributed by atoms with Crippen LogP contribution in [-0.4, -0.2) is 25.7 Å². The summed E-state index contributed by atoms with van der Waals surface area (Å²) in [6.07, 6.45) is 0. The monoisotopic (exact) mass is 255 g/mol. The maximum Gasteiger partial charge on any atom is 0.335 e. The van der Waals surface area contributed by atoms with E-state index in [1.807, 2.05) is 0 Å². The van der Waals surface area contributed by atoms with Gasteiger partial charge in [0.25, 0.3) is 5.56 Å². The summed E-state index contributed by atoms with van der Waals surface area (Å²) in [6.45, 7) is 0. The summed E-state index contributed by atoms with van der Waals surface area (Å²) in [6, 6.07) is 11.1. The average molecular weight is 255 g/mol. The van der Waals surface area contributed by atoms with Gasteiger partial charge >= 0.3 is 5.97 Å². The number of nitrogens with one attached hydrogen (secondary N) is 1. The Morgan fingerprint density at radius 1 is 1.21 bits per heavy atom. The molecule has 0 fully saturated rings. The van der Waals surface area contributed by atoms with Crippen molar-refractivity contribution in [3.8, 4) is 11.4 Å². The average Bonchev–Trinajstić information content (AvgIpc) is 2.84. The summed E-state index contributed by atoms with van der Waals surface area (Å²) in [5.74, 6) is -0.554. The molecule has 6 nitrogen and oxygen atoms in total. The van der Waals surface area contributed by atoms with Crippen molar-refractivity contribution in [1.29, 1.82) is 0 Å². The number of rotatable bonds is 2. The summed E-state index contributed by atoms with van der Waals surface area (Å²) in [7, 11) is 0. The molecule has 6 heteroatoms. The molecule has 2 heterocycles. The Bertz CT molecular complexity index is 832. The van der Waals surface area contributed by atoms with Crippen LogP contribution in [0.1, 0.15) is 10.4 Å². The number of aromatic carboxylic acids is 1. The van der Waals surface area contributed by atoms with Gasteiger partial charge in [-0.3, -0.25) is 9.89 Å². The van der Waals surface area contributed by atoms with E-state index < -0.39 is 5.97 Å². The highest BCUT2D eigenvalue weighted by Crippen LogP contribution is 2.17. The molecule has 0 spiro atoms. The SMILES string of the molecule is O=C(O)c1cccc(-c2nc3cccc(=O)n3[nH]2)c1. The van der Waals surface area contributed by atoms with Crippen molar-refractivity contribution in [3.05, 3.63) is 58.4 Å². The van der Waals surface area contributed by atoms with Crippen molar-refractivity contribution in [1.82, 2.24) is 14.6 Å². The van der Waals surface area contributed by atoms with Crippen molar-refractivity contribution < 1.29 is 9.90 Å². The summed E-state index contributed by atoms with van der Waals surface area (Å²) in [4.78, 5) is 26.8. The summed E-state index contributed by atoms with van der Waals surface area (Å²) < 4.78 is 1.31. The highest BCUT2D eigenvalue weighted by atomic mass is 16.4. The zero-order valence-electron chi connectivity index (χ0n) is 9.70. The van der Waals surface area contributed by atoms with Crippen molar-refractivity contribution in [2.24, 2.45) is 0 Å². The van der Waals surface area contributed by atoms with Crippen LogP contribution in [0.15, 0.2) is 47.3 Å². The Labute approximate surface area is 106 Å². The highest BCUT2D eigenvalue weighted by Gasteiger charge is 2.08. The first-order valence-corrected chi connectivity index (χ1v) is 5.57. The van der Waals surface area contributed by atoms with Crippen LogP contribution in [-0.2, 0) is 0 Å². The van der Waals surface area contributed by atoms with E-state index in [0.717, 1.165) is 0 Å². The van der Waals surface area contributed by atoms with Gasteiger partial charge in [0.15, 0.2) is 11.5 Å². The summed E-state index contributed by atoms with van der Waals surface area (Å²) in [5.41, 5.74) is 1.06. The van der Waals surface area contributed by atoms with Gasteiger partial charge in [-0.1, -0.05) is 18.2 Å². The van der Waals surface area contributed by atoms with Crippen LogP contribution in [0.25, 0.3) is 17.0 Å². The molecule has 0 atom stereocenters. The number of carboxylic acids is 1. The van der Waals surface area contributed by atoms with Crippen LogP contribution in [0.3, 0.4) is 0 Å². The van der Waals surface area contributed by atoms with Gasteiger partial charge in [-0.05, 0) is 18.2 Å². The predicted molar refractivity (Wildman–Crippen MR) is 68.2 cm³/mol. The van der Waals surface area contributed by atoms with Crippen LogP contribution in [0, 0.1) is 0 Å². The maximum atomic E-state index is 11.6. The fourth-order valence-corrected chi connectivity index (χ4v) is 1.85. The molecule has 0 radical (unpaired) electrons. The number of benzene rings is 1. The molecule has 0 unspecified atom stereocenters. The number of hydrogen-bond acceptors (Lipinski definition) is 3. The molecule has 0 aliphatic heterocycles. The van der Waals surface area contributed by atoms with Gasteiger partial charge in [-0.2, -0.15) is 4.52 Å². The molecular formula is C13H9N3O3. The molecule has 0 aliphatic rings. The van der Waals surface area contributed by atoms with Gasteiger partial charge in [0.05, 0.1) is 5.56 Å². The number of aromatic amines is 1. The van der Waals surface area contributed by atoms with Gasteiger partial charge in [0.2, 0.25) is 0 Å². The lowest BCUT2D eigenvalue weighted by Crippen LogP contribution is -2.11. The van der Waals surface area contributed by atoms with Crippen LogP contribution >= 0.6 is 0 Å². The Hall–Kier alpha value is -2.89. The maximum absolute atomic E-state index is 11.6. The van der Waals surface area contributed by atoms with E-state index >= 15 is 0 Å². The lowest BCUT2D eigenvalue weighted by molar-refractivity contribution is 0.0697. The molecule has 0 bridgehead atoms. The van der Waals surface area contributed by atoms with Gasteiger partial charge in [0.1, 0.15) is 0 Å². The van der Waals surface area contributed by atoms with Crippen molar-refractivity contribution in [2.45, 2.75) is 0 Å². The molecule has 3 aromatic rings. The van der Waals surface area contributed by atoms with Crippen LogP contribution < -0.4 is 5.56 Å². The number of nitrogens with zero attached hydrogens (tertiary/aromatic N) is 2. The van der Waals surface area contributed by atoms with Gasteiger partial charge in [-0.15, -0.1) is 0 Å². The highest BCUT2D eigenvalue weighted by molar-refractivity contribution is 5.89. The second kappa shape index (κ2) is 4.09. The van der Waals surface area contributed by atoms with Crippen LogP contribution in [0.2, 0.25) is 0 Å². The fourth-order valence-electron chi connectivity index (χ4n) is 1.85. The smallest absolute Gasteiger partial charge is 0.335 e. The Kier molecular flexibility index (Phi) is 2.42. The van der Waals surface area contributed by atoms with Gasteiger partial charge in [-0.25, -0.2) is 9.78 Å². The molecule has 3 rings (SSSR count). The van der Waals surface area contributed by atoms with Crippen molar-refractivity contribution in [2.75, 3.05) is 0 Å². The molecule has 19 heavy (non-hydrogen) atoms. The van der Waals surface area contributed by atoms with E-state index in [-0.39, 0.29) is 11.1 Å². The third kappa shape index (κ3) is 1.89. The van der Waals surface area contributed by atoms with E-state index in [9.17, 15) is 9.59 Å². The number of pyridine rings is 1. The van der Waals surface area contributed by atoms with E-state index in [1.54, 1.807) is 24.3 Å². The second-order valence-electron chi connectivity index (χ2n) is 4.02. The molecule has 0 saturated heterocycles. The Morgan fingerprint density at radius 3 is 2.74 bits per heavy atom. The normalized spacial score (nSPS) is 10.7. The second-order valence-corrected chi connectivity index (χ2v) is 4.02. The molecule has 2 N–H and O–H groups in total. The first kappa shape index (κ1) is 11.2. The van der Waals surface area contributed by atoms with E-state index in [4.69, 9.17) is 5.11 Å². The number of carboxylic acid groups (broad SMARTS) is 1. The van der Waals surface area contributed by atoms with E-state index in [2.05, 4.69) is 10.1 Å². The number of fused-ring (bicyclic) bond motifs is 1. The number of carbonyl (C=O) groups is 1. The summed E-state index contributed by atoms with van der Waals surface area (Å²) in [5, 5.41) is 11.8. The van der Waals surface area contributed by atoms with E-state index in [1.165, 1.54) is 22.7 Å². The minimum Gasteiger partial charge on any atom is -0.478 e. The molecular weight excluding hydrogens is 246 g/mol. The predicted octanol–water partition coefficient (Wildman–Crippen LogP) is 1.39. The topological polar surface area (TPSA) is 87.5 Å².